The molecule has 1 fully saturated rings. The number of aromatic nitrogens is 1. The molecule has 1 aliphatic rings. The number of thiazole rings is 1. The lowest BCUT2D eigenvalue weighted by Crippen LogP contribution is -2.39. The number of morpholine rings is 1. The molecule has 0 atom stereocenters. The van der Waals surface area contributed by atoms with E-state index in [2.05, 4.69) is 4.90 Å². The quantitative estimate of drug-likeness (QED) is 0.573. The molecule has 0 bridgehead atoms. The second kappa shape index (κ2) is 9.55. The van der Waals surface area contributed by atoms with Gasteiger partial charge in [0.25, 0.3) is 5.91 Å². The van der Waals surface area contributed by atoms with E-state index in [-0.39, 0.29) is 5.91 Å². The number of anilines is 1. The maximum atomic E-state index is 13.4. The van der Waals surface area contributed by atoms with Gasteiger partial charge in [-0.2, -0.15) is 0 Å². The molecule has 30 heavy (non-hydrogen) atoms. The van der Waals surface area contributed by atoms with Gasteiger partial charge < -0.3 is 9.47 Å². The number of carbonyl (C=O) groups excluding carboxylic acids is 1. The van der Waals surface area contributed by atoms with Crippen molar-refractivity contribution in [3.8, 4) is 5.75 Å². The van der Waals surface area contributed by atoms with Crippen molar-refractivity contribution >= 4 is 32.6 Å². The topological polar surface area (TPSA) is 54.9 Å². The largest absolute Gasteiger partial charge is 0.497 e. The van der Waals surface area contributed by atoms with E-state index < -0.39 is 0 Å². The molecule has 158 valence electrons. The van der Waals surface area contributed by atoms with E-state index in [1.165, 1.54) is 11.3 Å². The predicted molar refractivity (Wildman–Crippen MR) is 121 cm³/mol. The van der Waals surface area contributed by atoms with Crippen molar-refractivity contribution in [3.63, 3.8) is 0 Å². The summed E-state index contributed by atoms with van der Waals surface area (Å²) in [4.78, 5) is 22.4. The Morgan fingerprint density at radius 3 is 2.83 bits per heavy atom. The van der Waals surface area contributed by atoms with E-state index in [1.807, 2.05) is 54.3 Å². The molecule has 6 nitrogen and oxygen atoms in total. The van der Waals surface area contributed by atoms with Crippen LogP contribution in [0.15, 0.2) is 42.5 Å². The van der Waals surface area contributed by atoms with Gasteiger partial charge in [-0.3, -0.25) is 14.6 Å². The highest BCUT2D eigenvalue weighted by Gasteiger charge is 2.22. The van der Waals surface area contributed by atoms with Crippen molar-refractivity contribution in [1.29, 1.82) is 0 Å². The van der Waals surface area contributed by atoms with Gasteiger partial charge in [-0.05, 0) is 43.7 Å². The normalized spacial score (nSPS) is 14.7. The van der Waals surface area contributed by atoms with E-state index >= 15 is 0 Å². The van der Waals surface area contributed by atoms with Crippen LogP contribution >= 0.6 is 11.3 Å². The maximum absolute atomic E-state index is 13.4. The summed E-state index contributed by atoms with van der Waals surface area (Å²) in [5, 5.41) is 0.728. The lowest BCUT2D eigenvalue weighted by atomic mass is 10.1. The Hall–Kier alpha value is -2.48. The Bertz CT molecular complexity index is 1010. The zero-order chi connectivity index (χ0) is 20.9. The van der Waals surface area contributed by atoms with Gasteiger partial charge in [0.1, 0.15) is 5.75 Å². The highest BCUT2D eigenvalue weighted by molar-refractivity contribution is 7.22. The van der Waals surface area contributed by atoms with Gasteiger partial charge in [0.05, 0.1) is 30.5 Å². The van der Waals surface area contributed by atoms with Crippen LogP contribution in [0.5, 0.6) is 5.75 Å². The second-order valence-corrected chi connectivity index (χ2v) is 8.47. The fraction of sp³-hybridized carbons (Fsp3) is 0.391. The number of amides is 1. The van der Waals surface area contributed by atoms with Crippen LogP contribution in [-0.4, -0.2) is 62.3 Å². The number of carbonyl (C=O) groups is 1. The maximum Gasteiger partial charge on any atom is 0.260 e. The molecule has 0 N–H and O–H groups in total. The van der Waals surface area contributed by atoms with Gasteiger partial charge in [0.2, 0.25) is 0 Å². The third-order valence-electron chi connectivity index (χ3n) is 5.29. The van der Waals surface area contributed by atoms with Crippen molar-refractivity contribution in [2.24, 2.45) is 0 Å². The van der Waals surface area contributed by atoms with Crippen molar-refractivity contribution in [2.45, 2.75) is 13.3 Å². The van der Waals surface area contributed by atoms with E-state index in [1.54, 1.807) is 7.11 Å². The van der Waals surface area contributed by atoms with Gasteiger partial charge in [-0.15, -0.1) is 0 Å². The first kappa shape index (κ1) is 20.8. The molecule has 7 heteroatoms. The van der Waals surface area contributed by atoms with Crippen molar-refractivity contribution < 1.29 is 14.3 Å². The molecule has 0 unspecified atom stereocenters. The minimum absolute atomic E-state index is 0.00769. The summed E-state index contributed by atoms with van der Waals surface area (Å²) in [6.07, 6.45) is 0.886. The molecular formula is C23H27N3O3S. The van der Waals surface area contributed by atoms with E-state index in [0.717, 1.165) is 65.9 Å². The SMILES string of the molecule is COc1ccc2nc(N(CCCN3CCOCC3)C(=O)c3cccc(C)c3)sc2c1. The molecule has 0 spiro atoms. The minimum Gasteiger partial charge on any atom is -0.497 e. The van der Waals surface area contributed by atoms with Crippen LogP contribution in [0.25, 0.3) is 10.2 Å². The van der Waals surface area contributed by atoms with E-state index in [0.29, 0.717) is 12.1 Å². The summed E-state index contributed by atoms with van der Waals surface area (Å²) in [5.41, 5.74) is 2.65. The Kier molecular flexibility index (Phi) is 6.62. The van der Waals surface area contributed by atoms with Gasteiger partial charge in [-0.1, -0.05) is 29.0 Å². The summed E-state index contributed by atoms with van der Waals surface area (Å²) in [5.74, 6) is 0.785. The number of hydrogen-bond acceptors (Lipinski definition) is 6. The van der Waals surface area contributed by atoms with Crippen LogP contribution in [-0.2, 0) is 4.74 Å². The molecule has 2 aromatic carbocycles. The van der Waals surface area contributed by atoms with Crippen molar-refractivity contribution in [2.75, 3.05) is 51.4 Å². The van der Waals surface area contributed by atoms with Crippen LogP contribution < -0.4 is 9.64 Å². The summed E-state index contributed by atoms with van der Waals surface area (Å²) < 4.78 is 11.8. The molecule has 4 rings (SSSR count). The molecule has 3 aromatic rings. The molecule has 0 aliphatic carbocycles. The lowest BCUT2D eigenvalue weighted by Gasteiger charge is -2.27. The standard InChI is InChI=1S/C23H27N3O3S/c1-17-5-3-6-18(15-17)22(27)26(10-4-9-25-11-13-29-14-12-25)23-24-20-8-7-19(28-2)16-21(20)30-23/h3,5-8,15-16H,4,9-14H2,1-2H3. The highest BCUT2D eigenvalue weighted by atomic mass is 32.1. The summed E-state index contributed by atoms with van der Waals surface area (Å²) in [7, 11) is 1.66. The summed E-state index contributed by atoms with van der Waals surface area (Å²) in [6, 6.07) is 13.6. The van der Waals surface area contributed by atoms with Gasteiger partial charge in [0, 0.05) is 31.7 Å². The van der Waals surface area contributed by atoms with Crippen LogP contribution in [0.3, 0.4) is 0 Å². The van der Waals surface area contributed by atoms with Gasteiger partial charge >= 0.3 is 0 Å². The number of methoxy groups -OCH3 is 1. The Morgan fingerprint density at radius 1 is 1.23 bits per heavy atom. The van der Waals surface area contributed by atoms with Crippen LogP contribution in [0.1, 0.15) is 22.3 Å². The molecule has 2 heterocycles. The average Bonchev–Trinajstić information content (AvgIpc) is 3.20. The number of nitrogens with zero attached hydrogens (tertiary/aromatic N) is 3. The summed E-state index contributed by atoms with van der Waals surface area (Å²) >= 11 is 1.53. The number of hydrogen-bond donors (Lipinski definition) is 0. The predicted octanol–water partition coefficient (Wildman–Crippen LogP) is 3.98. The number of ether oxygens (including phenoxy) is 2. The highest BCUT2D eigenvalue weighted by Crippen LogP contribution is 2.32. The van der Waals surface area contributed by atoms with Crippen LogP contribution in [0, 0.1) is 6.92 Å². The Labute approximate surface area is 181 Å². The van der Waals surface area contributed by atoms with Crippen LogP contribution in [0.2, 0.25) is 0 Å². The Balaban J connectivity index is 1.58. The molecule has 0 radical (unpaired) electrons. The fourth-order valence-corrected chi connectivity index (χ4v) is 4.65. The smallest absolute Gasteiger partial charge is 0.260 e. The van der Waals surface area contributed by atoms with E-state index in [9.17, 15) is 4.79 Å². The van der Waals surface area contributed by atoms with Crippen molar-refractivity contribution in [1.82, 2.24) is 9.88 Å². The molecule has 1 aromatic heterocycles. The molecule has 1 saturated heterocycles. The zero-order valence-electron chi connectivity index (χ0n) is 17.5. The third kappa shape index (κ3) is 4.80. The van der Waals surface area contributed by atoms with Gasteiger partial charge in [-0.25, -0.2) is 4.98 Å². The van der Waals surface area contributed by atoms with Crippen molar-refractivity contribution in [3.05, 3.63) is 53.6 Å². The van der Waals surface area contributed by atoms with E-state index in [4.69, 9.17) is 14.5 Å². The first-order valence-corrected chi connectivity index (χ1v) is 11.1. The number of aryl methyl sites for hydroxylation is 1. The number of fused-ring (bicyclic) bond motifs is 1. The molecule has 0 saturated carbocycles. The Morgan fingerprint density at radius 2 is 2.07 bits per heavy atom. The first-order valence-electron chi connectivity index (χ1n) is 10.3. The number of rotatable bonds is 7. The minimum atomic E-state index is -0.00769. The molecule has 1 aliphatic heterocycles. The molecule has 1 amide bonds. The fourth-order valence-electron chi connectivity index (χ4n) is 3.63. The number of benzene rings is 2. The van der Waals surface area contributed by atoms with Gasteiger partial charge in [0.15, 0.2) is 5.13 Å². The lowest BCUT2D eigenvalue weighted by molar-refractivity contribution is 0.0376. The summed E-state index contributed by atoms with van der Waals surface area (Å²) in [6.45, 7) is 7.04. The molecular weight excluding hydrogens is 398 g/mol. The second-order valence-electron chi connectivity index (χ2n) is 7.46. The third-order valence-corrected chi connectivity index (χ3v) is 6.33. The average molecular weight is 426 g/mol. The first-order chi connectivity index (χ1) is 14.6. The zero-order valence-corrected chi connectivity index (χ0v) is 18.3. The van der Waals surface area contributed by atoms with Crippen LogP contribution in [0.4, 0.5) is 5.13 Å². The monoisotopic (exact) mass is 425 g/mol.